The number of aromatic nitrogens is 5. The molecule has 0 spiro atoms. The number of rotatable bonds is 7. The van der Waals surface area contributed by atoms with Crippen LogP contribution in [0.15, 0.2) is 49.3 Å². The van der Waals surface area contributed by atoms with Crippen molar-refractivity contribution in [3.63, 3.8) is 0 Å². The topological polar surface area (TPSA) is 95.2 Å². The molecule has 1 saturated heterocycles. The molecule has 3 aromatic rings. The Hall–Kier alpha value is -3.04. The molecule has 9 nitrogen and oxygen atoms in total. The first-order valence-corrected chi connectivity index (χ1v) is 9.68. The van der Waals surface area contributed by atoms with Crippen LogP contribution in [0.2, 0.25) is 0 Å². The van der Waals surface area contributed by atoms with Gasteiger partial charge in [-0.05, 0) is 38.2 Å². The van der Waals surface area contributed by atoms with E-state index in [1.807, 2.05) is 32.3 Å². The van der Waals surface area contributed by atoms with Crippen LogP contribution in [-0.2, 0) is 6.54 Å². The number of nitrogens with one attached hydrogen (secondary N) is 1. The quantitative estimate of drug-likeness (QED) is 0.617. The summed E-state index contributed by atoms with van der Waals surface area (Å²) in [7, 11) is 4.09. The summed E-state index contributed by atoms with van der Waals surface area (Å²) in [4.78, 5) is 17.1. The summed E-state index contributed by atoms with van der Waals surface area (Å²) in [5, 5.41) is 17.7. The van der Waals surface area contributed by atoms with E-state index in [0.717, 1.165) is 35.9 Å². The molecule has 1 aliphatic rings. The van der Waals surface area contributed by atoms with Gasteiger partial charge in [-0.1, -0.05) is 12.1 Å². The van der Waals surface area contributed by atoms with E-state index in [0.29, 0.717) is 13.1 Å². The largest absolute Gasteiger partial charge is 0.391 e. The monoisotopic (exact) mass is 394 g/mol. The highest BCUT2D eigenvalue weighted by molar-refractivity contribution is 5.50. The minimum atomic E-state index is -0.328. The normalized spacial score (nSPS) is 19.1. The number of anilines is 2. The van der Waals surface area contributed by atoms with Gasteiger partial charge in [-0.15, -0.1) is 0 Å². The van der Waals surface area contributed by atoms with E-state index < -0.39 is 0 Å². The Balaban J connectivity index is 1.45. The van der Waals surface area contributed by atoms with E-state index in [1.165, 1.54) is 6.33 Å². The predicted octanol–water partition coefficient (Wildman–Crippen LogP) is 1.17. The third-order valence-electron chi connectivity index (χ3n) is 4.98. The van der Waals surface area contributed by atoms with Gasteiger partial charge in [0.05, 0.1) is 11.8 Å². The zero-order valence-electron chi connectivity index (χ0n) is 16.7. The Kier molecular flexibility index (Phi) is 5.68. The zero-order valence-corrected chi connectivity index (χ0v) is 16.7. The second-order valence-corrected chi connectivity index (χ2v) is 7.58. The van der Waals surface area contributed by atoms with Crippen LogP contribution in [0.1, 0.15) is 12.0 Å². The molecule has 0 radical (unpaired) electrons. The minimum Gasteiger partial charge on any atom is -0.391 e. The standard InChI is InChI=1S/C20H26N8O/c1-26(2)10-17-7-18(29)11-27(17)20-8-19(23-13-24-20)22-9-15-4-3-5-16(6-15)28-14-21-12-25-28/h3-6,8,12-14,17-18,29H,7,9-11H2,1-2H3,(H,22,23,24)/t17-,18-/m1/s1. The predicted molar refractivity (Wildman–Crippen MR) is 111 cm³/mol. The van der Waals surface area contributed by atoms with Gasteiger partial charge in [0.1, 0.15) is 30.6 Å². The second-order valence-electron chi connectivity index (χ2n) is 7.58. The molecule has 29 heavy (non-hydrogen) atoms. The van der Waals surface area contributed by atoms with Gasteiger partial charge in [0.25, 0.3) is 0 Å². The van der Waals surface area contributed by atoms with Crippen molar-refractivity contribution in [1.29, 1.82) is 0 Å². The van der Waals surface area contributed by atoms with Gasteiger partial charge in [-0.3, -0.25) is 0 Å². The molecule has 152 valence electrons. The molecule has 2 aromatic heterocycles. The van der Waals surface area contributed by atoms with Gasteiger partial charge >= 0.3 is 0 Å². The third kappa shape index (κ3) is 4.69. The summed E-state index contributed by atoms with van der Waals surface area (Å²) in [6.45, 7) is 2.09. The highest BCUT2D eigenvalue weighted by Crippen LogP contribution is 2.25. The zero-order chi connectivity index (χ0) is 20.2. The van der Waals surface area contributed by atoms with Crippen molar-refractivity contribution in [3.8, 4) is 5.69 Å². The first kappa shape index (κ1) is 19.3. The van der Waals surface area contributed by atoms with Crippen molar-refractivity contribution < 1.29 is 5.11 Å². The van der Waals surface area contributed by atoms with Gasteiger partial charge in [0.15, 0.2) is 0 Å². The van der Waals surface area contributed by atoms with E-state index in [1.54, 1.807) is 17.3 Å². The first-order chi connectivity index (χ1) is 14.1. The fourth-order valence-electron chi connectivity index (χ4n) is 3.71. The van der Waals surface area contributed by atoms with Crippen LogP contribution in [0.5, 0.6) is 0 Å². The SMILES string of the molecule is CN(C)C[C@H]1C[C@@H](O)CN1c1cc(NCc2cccc(-n3cncn3)c2)ncn1. The van der Waals surface area contributed by atoms with Crippen LogP contribution < -0.4 is 10.2 Å². The minimum absolute atomic E-state index is 0.238. The molecule has 4 rings (SSSR count). The van der Waals surface area contributed by atoms with Gasteiger partial charge < -0.3 is 20.2 Å². The van der Waals surface area contributed by atoms with Crippen LogP contribution in [-0.4, -0.2) is 74.1 Å². The van der Waals surface area contributed by atoms with Crippen molar-refractivity contribution in [2.24, 2.45) is 0 Å². The first-order valence-electron chi connectivity index (χ1n) is 9.68. The third-order valence-corrected chi connectivity index (χ3v) is 4.98. The summed E-state index contributed by atoms with van der Waals surface area (Å²) in [5.74, 6) is 1.59. The van der Waals surface area contributed by atoms with Crippen molar-refractivity contribution in [3.05, 3.63) is 54.9 Å². The molecule has 0 aliphatic carbocycles. The summed E-state index contributed by atoms with van der Waals surface area (Å²) < 4.78 is 1.73. The smallest absolute Gasteiger partial charge is 0.138 e. The second kappa shape index (κ2) is 8.54. The summed E-state index contributed by atoms with van der Waals surface area (Å²) >= 11 is 0. The molecule has 3 heterocycles. The highest BCUT2D eigenvalue weighted by Gasteiger charge is 2.32. The molecule has 1 aliphatic heterocycles. The van der Waals surface area contributed by atoms with Gasteiger partial charge in [0.2, 0.25) is 0 Å². The Bertz CT molecular complexity index is 930. The van der Waals surface area contributed by atoms with Crippen molar-refractivity contribution in [2.45, 2.75) is 25.1 Å². The molecular formula is C20H26N8O. The van der Waals surface area contributed by atoms with Crippen LogP contribution in [0, 0.1) is 0 Å². The number of likely N-dealkylation sites (N-methyl/N-ethyl adjacent to an activating group) is 1. The lowest BCUT2D eigenvalue weighted by atomic mass is 10.2. The molecular weight excluding hydrogens is 368 g/mol. The van der Waals surface area contributed by atoms with E-state index >= 15 is 0 Å². The molecule has 0 saturated carbocycles. The van der Waals surface area contributed by atoms with E-state index in [4.69, 9.17) is 0 Å². The van der Waals surface area contributed by atoms with Crippen molar-refractivity contribution in [2.75, 3.05) is 37.4 Å². The van der Waals surface area contributed by atoms with Gasteiger partial charge in [-0.2, -0.15) is 5.10 Å². The molecule has 1 aromatic carbocycles. The fraction of sp³-hybridized carbons (Fsp3) is 0.400. The number of aliphatic hydroxyl groups is 1. The highest BCUT2D eigenvalue weighted by atomic mass is 16.3. The molecule has 0 unspecified atom stereocenters. The van der Waals surface area contributed by atoms with Crippen LogP contribution in [0.25, 0.3) is 5.69 Å². The maximum Gasteiger partial charge on any atom is 0.138 e. The molecule has 2 atom stereocenters. The molecule has 0 bridgehead atoms. The Morgan fingerprint density at radius 3 is 2.90 bits per heavy atom. The summed E-state index contributed by atoms with van der Waals surface area (Å²) in [6, 6.07) is 10.3. The van der Waals surface area contributed by atoms with Crippen molar-refractivity contribution >= 4 is 11.6 Å². The van der Waals surface area contributed by atoms with Crippen LogP contribution >= 0.6 is 0 Å². The average Bonchev–Trinajstić information content (AvgIpc) is 3.36. The summed E-state index contributed by atoms with van der Waals surface area (Å²) in [6.07, 6.45) is 5.19. The number of nitrogens with zero attached hydrogens (tertiary/aromatic N) is 7. The Morgan fingerprint density at radius 2 is 2.10 bits per heavy atom. The maximum atomic E-state index is 10.1. The van der Waals surface area contributed by atoms with E-state index in [2.05, 4.69) is 47.3 Å². The van der Waals surface area contributed by atoms with Gasteiger partial charge in [0, 0.05) is 31.7 Å². The Labute approximate surface area is 170 Å². The number of benzene rings is 1. The Morgan fingerprint density at radius 1 is 1.21 bits per heavy atom. The number of hydrogen-bond donors (Lipinski definition) is 2. The molecule has 9 heteroatoms. The fourth-order valence-corrected chi connectivity index (χ4v) is 3.71. The van der Waals surface area contributed by atoms with E-state index in [9.17, 15) is 5.11 Å². The lowest BCUT2D eigenvalue weighted by molar-refractivity contribution is 0.191. The maximum absolute atomic E-state index is 10.1. The summed E-state index contributed by atoms with van der Waals surface area (Å²) in [5.41, 5.74) is 2.07. The van der Waals surface area contributed by atoms with Crippen LogP contribution in [0.4, 0.5) is 11.6 Å². The lowest BCUT2D eigenvalue weighted by Gasteiger charge is -2.27. The average molecular weight is 394 g/mol. The molecule has 1 fully saturated rings. The molecule has 2 N–H and O–H groups in total. The number of β-amino-alcohol motifs (C(OH)–C–C–N with tert-alkyl or cyclic N) is 1. The van der Waals surface area contributed by atoms with Gasteiger partial charge in [-0.25, -0.2) is 19.6 Å². The number of hydrogen-bond acceptors (Lipinski definition) is 8. The molecule has 0 amide bonds. The lowest BCUT2D eigenvalue weighted by Crippen LogP contribution is -2.38. The van der Waals surface area contributed by atoms with Crippen LogP contribution in [0.3, 0.4) is 0 Å². The van der Waals surface area contributed by atoms with E-state index in [-0.39, 0.29) is 12.1 Å². The van der Waals surface area contributed by atoms with Crippen molar-refractivity contribution in [1.82, 2.24) is 29.6 Å². The number of aliphatic hydroxyl groups excluding tert-OH is 1.